The van der Waals surface area contributed by atoms with Crippen molar-refractivity contribution in [2.45, 2.75) is 52.0 Å². The zero-order chi connectivity index (χ0) is 21.6. The van der Waals surface area contributed by atoms with Crippen LogP contribution < -0.4 is 10.1 Å². The molecular formula is C22H30N2O4S. The minimum absolute atomic E-state index is 0.118. The van der Waals surface area contributed by atoms with Crippen molar-refractivity contribution in [2.24, 2.45) is 0 Å². The largest absolute Gasteiger partial charge is 0.489 e. The third-order valence-electron chi connectivity index (χ3n) is 4.42. The van der Waals surface area contributed by atoms with Gasteiger partial charge in [-0.25, -0.2) is 8.42 Å². The van der Waals surface area contributed by atoms with Crippen LogP contribution in [0.3, 0.4) is 0 Å². The molecular weight excluding hydrogens is 388 g/mol. The van der Waals surface area contributed by atoms with Crippen molar-refractivity contribution >= 4 is 21.6 Å². The number of benzene rings is 2. The van der Waals surface area contributed by atoms with Crippen LogP contribution in [-0.4, -0.2) is 37.8 Å². The highest BCUT2D eigenvalue weighted by molar-refractivity contribution is 7.89. The Balaban J connectivity index is 2.33. The van der Waals surface area contributed by atoms with Crippen LogP contribution >= 0.6 is 0 Å². The zero-order valence-electron chi connectivity index (χ0n) is 17.7. The number of nitrogens with one attached hydrogen (secondary N) is 1. The molecule has 0 fully saturated rings. The molecule has 0 atom stereocenters. The zero-order valence-corrected chi connectivity index (χ0v) is 18.5. The molecule has 7 heteroatoms. The fourth-order valence-corrected chi connectivity index (χ4v) is 4.41. The fourth-order valence-electron chi connectivity index (χ4n) is 2.92. The number of anilines is 1. The number of ether oxygens (including phenoxy) is 1. The second-order valence-electron chi connectivity index (χ2n) is 7.12. The van der Waals surface area contributed by atoms with Crippen LogP contribution in [0.5, 0.6) is 5.75 Å². The number of nitrogens with zero attached hydrogens (tertiary/aromatic N) is 1. The number of sulfonamides is 1. The molecule has 1 N–H and O–H groups in total. The summed E-state index contributed by atoms with van der Waals surface area (Å²) >= 11 is 0. The summed E-state index contributed by atoms with van der Waals surface area (Å²) in [6.07, 6.45) is 0.0713. The van der Waals surface area contributed by atoms with Crippen LogP contribution in [0.4, 0.5) is 5.69 Å². The predicted octanol–water partition coefficient (Wildman–Crippen LogP) is 3.99. The lowest BCUT2D eigenvalue weighted by molar-refractivity contribution is -0.115. The van der Waals surface area contributed by atoms with Crippen LogP contribution in [0.1, 0.15) is 38.8 Å². The Labute approximate surface area is 173 Å². The van der Waals surface area contributed by atoms with Gasteiger partial charge in [-0.1, -0.05) is 43.7 Å². The minimum atomic E-state index is -3.64. The molecule has 0 aromatic heterocycles. The van der Waals surface area contributed by atoms with E-state index < -0.39 is 10.0 Å². The number of amides is 1. The Morgan fingerprint density at radius 3 is 2.24 bits per heavy atom. The number of aryl methyl sites for hydroxylation is 1. The molecule has 6 nitrogen and oxygen atoms in total. The summed E-state index contributed by atoms with van der Waals surface area (Å²) in [6.45, 7) is 10.1. The van der Waals surface area contributed by atoms with E-state index in [1.54, 1.807) is 19.9 Å². The Kier molecular flexibility index (Phi) is 7.81. The lowest BCUT2D eigenvalue weighted by atomic mass is 10.1. The summed E-state index contributed by atoms with van der Waals surface area (Å²) in [4.78, 5) is 12.7. The number of carbonyl (C=O) groups excluding carboxylic acids is 1. The van der Waals surface area contributed by atoms with E-state index in [2.05, 4.69) is 5.32 Å². The van der Waals surface area contributed by atoms with Crippen molar-refractivity contribution in [3.8, 4) is 5.75 Å². The van der Waals surface area contributed by atoms with E-state index in [0.29, 0.717) is 24.5 Å². The average Bonchev–Trinajstić information content (AvgIpc) is 2.65. The standard InChI is InChI=1S/C22H30N2O4S/c1-6-24(7-2)29(26,27)19-12-13-21(28-16(3)4)20(15-19)23-22(25)14-18-10-8-17(5)9-11-18/h8-13,15-16H,6-7,14H2,1-5H3,(H,23,25). The SMILES string of the molecule is CCN(CC)S(=O)(=O)c1ccc(OC(C)C)c(NC(=O)Cc2ccc(C)cc2)c1. The maximum absolute atomic E-state index is 12.9. The number of hydrogen-bond acceptors (Lipinski definition) is 4. The quantitative estimate of drug-likeness (QED) is 0.668. The first-order chi connectivity index (χ1) is 13.7. The lowest BCUT2D eigenvalue weighted by Crippen LogP contribution is -2.30. The monoisotopic (exact) mass is 418 g/mol. The molecule has 0 heterocycles. The van der Waals surface area contributed by atoms with E-state index in [4.69, 9.17) is 4.74 Å². The average molecular weight is 419 g/mol. The molecule has 0 spiro atoms. The van der Waals surface area contributed by atoms with Gasteiger partial charge in [0.15, 0.2) is 0 Å². The van der Waals surface area contributed by atoms with Crippen molar-refractivity contribution < 1.29 is 17.9 Å². The molecule has 2 rings (SSSR count). The van der Waals surface area contributed by atoms with Crippen molar-refractivity contribution in [2.75, 3.05) is 18.4 Å². The Morgan fingerprint density at radius 2 is 1.69 bits per heavy atom. The lowest BCUT2D eigenvalue weighted by Gasteiger charge is -2.20. The summed E-state index contributed by atoms with van der Waals surface area (Å²) in [5, 5.41) is 2.82. The van der Waals surface area contributed by atoms with Crippen molar-refractivity contribution in [1.82, 2.24) is 4.31 Å². The summed E-state index contributed by atoms with van der Waals surface area (Å²) in [7, 11) is -3.64. The molecule has 1 amide bonds. The van der Waals surface area contributed by atoms with Gasteiger partial charge >= 0.3 is 0 Å². The van der Waals surface area contributed by atoms with Crippen molar-refractivity contribution in [1.29, 1.82) is 0 Å². The highest BCUT2D eigenvalue weighted by Gasteiger charge is 2.23. The molecule has 0 aliphatic rings. The molecule has 158 valence electrons. The summed E-state index contributed by atoms with van der Waals surface area (Å²) < 4.78 is 32.9. The van der Waals surface area contributed by atoms with E-state index in [0.717, 1.165) is 11.1 Å². The van der Waals surface area contributed by atoms with Gasteiger partial charge in [0, 0.05) is 13.1 Å². The van der Waals surface area contributed by atoms with Crippen LogP contribution in [0.15, 0.2) is 47.4 Å². The normalized spacial score (nSPS) is 11.7. The second-order valence-corrected chi connectivity index (χ2v) is 9.06. The summed E-state index contributed by atoms with van der Waals surface area (Å²) in [5.41, 5.74) is 2.35. The van der Waals surface area contributed by atoms with Crippen LogP contribution in [0.25, 0.3) is 0 Å². The second kappa shape index (κ2) is 9.89. The van der Waals surface area contributed by atoms with Gasteiger partial charge in [-0.05, 0) is 44.5 Å². The summed E-state index contributed by atoms with van der Waals surface area (Å²) in [6, 6.07) is 12.3. The van der Waals surface area contributed by atoms with E-state index in [-0.39, 0.29) is 23.3 Å². The number of carbonyl (C=O) groups is 1. The highest BCUT2D eigenvalue weighted by atomic mass is 32.2. The third-order valence-corrected chi connectivity index (χ3v) is 6.46. The van der Waals surface area contributed by atoms with Gasteiger partial charge in [0.05, 0.1) is 23.1 Å². The molecule has 0 unspecified atom stereocenters. The first kappa shape index (κ1) is 22.9. The molecule has 2 aromatic rings. The Bertz CT molecular complexity index is 934. The maximum Gasteiger partial charge on any atom is 0.243 e. The van der Waals surface area contributed by atoms with Crippen molar-refractivity contribution in [3.05, 3.63) is 53.6 Å². The molecule has 2 aromatic carbocycles. The Morgan fingerprint density at radius 1 is 1.07 bits per heavy atom. The van der Waals surface area contributed by atoms with E-state index in [9.17, 15) is 13.2 Å². The predicted molar refractivity (Wildman–Crippen MR) is 116 cm³/mol. The van der Waals surface area contributed by atoms with Gasteiger partial charge in [-0.15, -0.1) is 0 Å². The van der Waals surface area contributed by atoms with Crippen LogP contribution in [0.2, 0.25) is 0 Å². The molecule has 0 aliphatic carbocycles. The van der Waals surface area contributed by atoms with Gasteiger partial charge in [-0.3, -0.25) is 4.79 Å². The number of rotatable bonds is 9. The van der Waals surface area contributed by atoms with Gasteiger partial charge in [-0.2, -0.15) is 4.31 Å². The van der Waals surface area contributed by atoms with Gasteiger partial charge in [0.1, 0.15) is 5.75 Å². The van der Waals surface area contributed by atoms with E-state index >= 15 is 0 Å². The fraction of sp³-hybridized carbons (Fsp3) is 0.409. The third kappa shape index (κ3) is 6.05. The van der Waals surface area contributed by atoms with Gasteiger partial charge in [0.2, 0.25) is 15.9 Å². The molecule has 0 radical (unpaired) electrons. The smallest absolute Gasteiger partial charge is 0.243 e. The molecule has 0 aliphatic heterocycles. The number of hydrogen-bond donors (Lipinski definition) is 1. The van der Waals surface area contributed by atoms with Gasteiger partial charge in [0.25, 0.3) is 0 Å². The molecule has 0 saturated carbocycles. The summed E-state index contributed by atoms with van der Waals surface area (Å²) in [5.74, 6) is 0.204. The molecule has 29 heavy (non-hydrogen) atoms. The van der Waals surface area contributed by atoms with Crippen LogP contribution in [-0.2, 0) is 21.2 Å². The maximum atomic E-state index is 12.9. The highest BCUT2D eigenvalue weighted by Crippen LogP contribution is 2.30. The topological polar surface area (TPSA) is 75.7 Å². The van der Waals surface area contributed by atoms with Crippen molar-refractivity contribution in [3.63, 3.8) is 0 Å². The first-order valence-electron chi connectivity index (χ1n) is 9.83. The van der Waals surface area contributed by atoms with E-state index in [1.165, 1.54) is 16.4 Å². The Hall–Kier alpha value is -2.38. The van der Waals surface area contributed by atoms with E-state index in [1.807, 2.05) is 45.0 Å². The molecule has 0 saturated heterocycles. The first-order valence-corrected chi connectivity index (χ1v) is 11.3. The van der Waals surface area contributed by atoms with Gasteiger partial charge < -0.3 is 10.1 Å². The molecule has 0 bridgehead atoms. The minimum Gasteiger partial charge on any atom is -0.489 e. The van der Waals surface area contributed by atoms with Crippen LogP contribution in [0, 0.1) is 6.92 Å².